The van der Waals surface area contributed by atoms with E-state index in [1.807, 2.05) is 18.7 Å². The largest absolute Gasteiger partial charge is 0.343 e. The van der Waals surface area contributed by atoms with Crippen molar-refractivity contribution in [3.05, 3.63) is 0 Å². The predicted molar refractivity (Wildman–Crippen MR) is 81.9 cm³/mol. The van der Waals surface area contributed by atoms with E-state index in [4.69, 9.17) is 0 Å². The number of piperidine rings is 1. The van der Waals surface area contributed by atoms with E-state index in [1.54, 1.807) is 0 Å². The van der Waals surface area contributed by atoms with E-state index in [1.165, 1.54) is 4.31 Å². The van der Waals surface area contributed by atoms with Crippen LogP contribution in [0, 0.1) is 5.92 Å². The van der Waals surface area contributed by atoms with Crippen LogP contribution in [-0.4, -0.2) is 55.8 Å². The summed E-state index contributed by atoms with van der Waals surface area (Å²) in [5, 5.41) is 0. The molecule has 0 saturated carbocycles. The van der Waals surface area contributed by atoms with Gasteiger partial charge in [-0.15, -0.1) is 0 Å². The van der Waals surface area contributed by atoms with Crippen molar-refractivity contribution in [1.82, 2.24) is 13.9 Å². The highest BCUT2D eigenvalue weighted by atomic mass is 32.2. The first-order valence-corrected chi connectivity index (χ1v) is 9.37. The third kappa shape index (κ3) is 4.66. The standard InChI is InChI=1S/C14H27N3O3S/c1-12(2)11-14(18)16-9-5-13(6-10-16)15-21(19,20)17-7-3-4-8-17/h12-13,15H,3-11H2,1-2H3. The molecule has 2 aliphatic heterocycles. The summed E-state index contributed by atoms with van der Waals surface area (Å²) in [6.07, 6.45) is 3.88. The van der Waals surface area contributed by atoms with Crippen LogP contribution in [0.4, 0.5) is 0 Å². The third-order valence-electron chi connectivity index (χ3n) is 4.15. The van der Waals surface area contributed by atoms with Crippen LogP contribution in [0.25, 0.3) is 0 Å². The lowest BCUT2D eigenvalue weighted by Crippen LogP contribution is -2.50. The average Bonchev–Trinajstić information content (AvgIpc) is 2.93. The van der Waals surface area contributed by atoms with Crippen LogP contribution < -0.4 is 4.72 Å². The van der Waals surface area contributed by atoms with Gasteiger partial charge in [-0.25, -0.2) is 0 Å². The molecule has 1 N–H and O–H groups in total. The van der Waals surface area contributed by atoms with Gasteiger partial charge in [0.05, 0.1) is 0 Å². The number of hydrogen-bond donors (Lipinski definition) is 1. The minimum Gasteiger partial charge on any atom is -0.343 e. The molecule has 2 rings (SSSR count). The fourth-order valence-corrected chi connectivity index (χ4v) is 4.48. The molecule has 0 aromatic carbocycles. The summed E-state index contributed by atoms with van der Waals surface area (Å²) in [6.45, 7) is 6.63. The molecule has 122 valence electrons. The third-order valence-corrected chi connectivity index (χ3v) is 5.83. The summed E-state index contributed by atoms with van der Waals surface area (Å²) in [6, 6.07) is -0.0429. The molecule has 0 unspecified atom stereocenters. The second-order valence-corrected chi connectivity index (χ2v) is 8.18. The summed E-state index contributed by atoms with van der Waals surface area (Å²) in [5.41, 5.74) is 0. The molecule has 0 radical (unpaired) electrons. The van der Waals surface area contributed by atoms with Gasteiger partial charge >= 0.3 is 0 Å². The molecule has 0 aliphatic carbocycles. The number of carbonyl (C=O) groups is 1. The van der Waals surface area contributed by atoms with Gasteiger partial charge < -0.3 is 4.90 Å². The molecule has 0 spiro atoms. The smallest absolute Gasteiger partial charge is 0.279 e. The molecule has 0 bridgehead atoms. The maximum Gasteiger partial charge on any atom is 0.279 e. The Morgan fingerprint density at radius 1 is 1.14 bits per heavy atom. The summed E-state index contributed by atoms with van der Waals surface area (Å²) < 4.78 is 28.7. The fraction of sp³-hybridized carbons (Fsp3) is 0.929. The Kier molecular flexibility index (Phi) is 5.62. The second-order valence-electron chi connectivity index (χ2n) is 6.48. The van der Waals surface area contributed by atoms with Crippen molar-refractivity contribution in [3.63, 3.8) is 0 Å². The van der Waals surface area contributed by atoms with Crippen molar-refractivity contribution in [2.45, 2.75) is 52.0 Å². The molecule has 1 amide bonds. The Morgan fingerprint density at radius 2 is 1.71 bits per heavy atom. The molecule has 2 saturated heterocycles. The molecule has 21 heavy (non-hydrogen) atoms. The van der Waals surface area contributed by atoms with Gasteiger partial charge in [-0.1, -0.05) is 13.8 Å². The molecule has 0 atom stereocenters. The normalized spacial score (nSPS) is 22.1. The van der Waals surface area contributed by atoms with Crippen molar-refractivity contribution >= 4 is 16.1 Å². The van der Waals surface area contributed by atoms with E-state index in [0.717, 1.165) is 12.8 Å². The Hall–Kier alpha value is -0.660. The number of nitrogens with one attached hydrogen (secondary N) is 1. The first kappa shape index (κ1) is 16.7. The van der Waals surface area contributed by atoms with Gasteiger partial charge in [0.1, 0.15) is 0 Å². The maximum atomic E-state index is 12.2. The van der Waals surface area contributed by atoms with Gasteiger partial charge in [-0.3, -0.25) is 4.79 Å². The van der Waals surface area contributed by atoms with E-state index in [0.29, 0.717) is 51.4 Å². The highest BCUT2D eigenvalue weighted by Crippen LogP contribution is 2.17. The molecule has 2 heterocycles. The highest BCUT2D eigenvalue weighted by Gasteiger charge is 2.30. The average molecular weight is 317 g/mol. The van der Waals surface area contributed by atoms with Crippen molar-refractivity contribution in [1.29, 1.82) is 0 Å². The van der Waals surface area contributed by atoms with E-state index in [2.05, 4.69) is 4.72 Å². The zero-order valence-corrected chi connectivity index (χ0v) is 13.9. The SMILES string of the molecule is CC(C)CC(=O)N1CCC(NS(=O)(=O)N2CCCC2)CC1. The van der Waals surface area contributed by atoms with Gasteiger partial charge in [0.25, 0.3) is 10.2 Å². The minimum absolute atomic E-state index is 0.0429. The summed E-state index contributed by atoms with van der Waals surface area (Å²) >= 11 is 0. The van der Waals surface area contributed by atoms with Gasteiger partial charge in [-0.2, -0.15) is 17.4 Å². The topological polar surface area (TPSA) is 69.7 Å². The quantitative estimate of drug-likeness (QED) is 0.821. The van der Waals surface area contributed by atoms with Crippen molar-refractivity contribution in [3.8, 4) is 0 Å². The molecule has 2 aliphatic rings. The second kappa shape index (κ2) is 7.07. The molecule has 0 aromatic heterocycles. The molecule has 7 heteroatoms. The van der Waals surface area contributed by atoms with Crippen LogP contribution in [0.15, 0.2) is 0 Å². The lowest BCUT2D eigenvalue weighted by atomic mass is 10.0. The summed E-state index contributed by atoms with van der Waals surface area (Å²) in [5.74, 6) is 0.551. The van der Waals surface area contributed by atoms with Crippen LogP contribution in [-0.2, 0) is 15.0 Å². The van der Waals surface area contributed by atoms with Crippen LogP contribution in [0.2, 0.25) is 0 Å². The Bertz CT molecular complexity index is 450. The van der Waals surface area contributed by atoms with E-state index in [-0.39, 0.29) is 11.9 Å². The van der Waals surface area contributed by atoms with Crippen LogP contribution in [0.5, 0.6) is 0 Å². The molecule has 0 aromatic rings. The lowest BCUT2D eigenvalue weighted by Gasteiger charge is -2.33. The summed E-state index contributed by atoms with van der Waals surface area (Å²) in [7, 11) is -3.34. The van der Waals surface area contributed by atoms with Gasteiger partial charge in [0.15, 0.2) is 0 Å². The van der Waals surface area contributed by atoms with E-state index < -0.39 is 10.2 Å². The summed E-state index contributed by atoms with van der Waals surface area (Å²) in [4.78, 5) is 13.9. The van der Waals surface area contributed by atoms with Crippen molar-refractivity contribution in [2.24, 2.45) is 5.92 Å². The van der Waals surface area contributed by atoms with Crippen molar-refractivity contribution < 1.29 is 13.2 Å². The van der Waals surface area contributed by atoms with Crippen LogP contribution in [0.3, 0.4) is 0 Å². The fourth-order valence-electron chi connectivity index (χ4n) is 2.94. The predicted octanol–water partition coefficient (Wildman–Crippen LogP) is 0.954. The first-order valence-electron chi connectivity index (χ1n) is 7.93. The zero-order valence-electron chi connectivity index (χ0n) is 13.0. The number of amides is 1. The Morgan fingerprint density at radius 3 is 2.24 bits per heavy atom. The van der Waals surface area contributed by atoms with E-state index >= 15 is 0 Å². The Labute approximate surface area is 128 Å². The number of likely N-dealkylation sites (tertiary alicyclic amines) is 1. The molecular weight excluding hydrogens is 290 g/mol. The number of carbonyl (C=O) groups excluding carboxylic acids is 1. The molecule has 6 nitrogen and oxygen atoms in total. The lowest BCUT2D eigenvalue weighted by molar-refractivity contribution is -0.133. The van der Waals surface area contributed by atoms with Gasteiger partial charge in [0, 0.05) is 38.6 Å². The first-order chi connectivity index (χ1) is 9.88. The number of hydrogen-bond acceptors (Lipinski definition) is 3. The van der Waals surface area contributed by atoms with Gasteiger partial charge in [-0.05, 0) is 31.6 Å². The van der Waals surface area contributed by atoms with Crippen molar-refractivity contribution in [2.75, 3.05) is 26.2 Å². The minimum atomic E-state index is -3.34. The number of rotatable bonds is 5. The molecule has 2 fully saturated rings. The Balaban J connectivity index is 1.80. The number of nitrogens with zero attached hydrogens (tertiary/aromatic N) is 2. The zero-order chi connectivity index (χ0) is 15.5. The van der Waals surface area contributed by atoms with Gasteiger partial charge in [0.2, 0.25) is 5.91 Å². The molecular formula is C14H27N3O3S. The highest BCUT2D eigenvalue weighted by molar-refractivity contribution is 7.87. The maximum absolute atomic E-state index is 12.2. The van der Waals surface area contributed by atoms with E-state index in [9.17, 15) is 13.2 Å². The van der Waals surface area contributed by atoms with Crippen LogP contribution >= 0.6 is 0 Å². The monoisotopic (exact) mass is 317 g/mol. The van der Waals surface area contributed by atoms with Crippen LogP contribution in [0.1, 0.15) is 46.0 Å².